The molecule has 1 unspecified atom stereocenters. The molecule has 106 valence electrons. The number of benzene rings is 2. The third kappa shape index (κ3) is 3.18. The van der Waals surface area contributed by atoms with E-state index in [4.69, 9.17) is 5.73 Å². The van der Waals surface area contributed by atoms with Crippen LogP contribution >= 0.6 is 11.8 Å². The van der Waals surface area contributed by atoms with Crippen molar-refractivity contribution in [3.05, 3.63) is 48.0 Å². The second-order valence-corrected chi connectivity index (χ2v) is 7.10. The first-order chi connectivity index (χ1) is 9.84. The molecule has 0 heterocycles. The monoisotopic (exact) mass is 285 g/mol. The lowest BCUT2D eigenvalue weighted by Gasteiger charge is -2.23. The van der Waals surface area contributed by atoms with E-state index < -0.39 is 0 Å². The number of hydrogen-bond acceptors (Lipinski definition) is 2. The van der Waals surface area contributed by atoms with Crippen LogP contribution in [0.2, 0.25) is 0 Å². The fourth-order valence-corrected chi connectivity index (χ4v) is 4.46. The number of fused-ring (bicyclic) bond motifs is 1. The van der Waals surface area contributed by atoms with Gasteiger partial charge in [0.1, 0.15) is 0 Å². The van der Waals surface area contributed by atoms with Crippen LogP contribution in [0.15, 0.2) is 42.5 Å². The molecule has 2 N–H and O–H groups in total. The Bertz CT molecular complexity index is 555. The van der Waals surface area contributed by atoms with Gasteiger partial charge in [-0.25, -0.2) is 0 Å². The van der Waals surface area contributed by atoms with Crippen LogP contribution in [0.5, 0.6) is 0 Å². The van der Waals surface area contributed by atoms with Gasteiger partial charge in [-0.3, -0.25) is 0 Å². The van der Waals surface area contributed by atoms with Gasteiger partial charge in [0, 0.05) is 17.0 Å². The van der Waals surface area contributed by atoms with Crippen molar-refractivity contribution in [2.75, 3.05) is 5.75 Å². The fourth-order valence-electron chi connectivity index (χ4n) is 3.14. The van der Waals surface area contributed by atoms with Gasteiger partial charge in [-0.15, -0.1) is 0 Å². The molecule has 1 aliphatic rings. The predicted octanol–water partition coefficient (Wildman–Crippen LogP) is 4.91. The summed E-state index contributed by atoms with van der Waals surface area (Å²) in [6.07, 6.45) is 6.99. The molecule has 1 saturated carbocycles. The largest absolute Gasteiger partial charge is 0.323 e. The van der Waals surface area contributed by atoms with Crippen molar-refractivity contribution < 1.29 is 0 Å². The van der Waals surface area contributed by atoms with Crippen LogP contribution in [0.3, 0.4) is 0 Å². The maximum atomic E-state index is 6.46. The Hall–Kier alpha value is -0.990. The minimum atomic E-state index is 0.146. The first-order valence-electron chi connectivity index (χ1n) is 7.69. The number of thioether (sulfide) groups is 1. The van der Waals surface area contributed by atoms with Crippen molar-refractivity contribution in [2.45, 2.75) is 43.4 Å². The first-order valence-corrected chi connectivity index (χ1v) is 8.74. The van der Waals surface area contributed by atoms with E-state index in [1.54, 1.807) is 0 Å². The Morgan fingerprint density at radius 1 is 1.00 bits per heavy atom. The molecular formula is C18H23NS. The van der Waals surface area contributed by atoms with Gasteiger partial charge < -0.3 is 5.73 Å². The Kier molecular flexibility index (Phi) is 4.64. The molecule has 0 radical (unpaired) electrons. The average Bonchev–Trinajstić information content (AvgIpc) is 2.53. The zero-order chi connectivity index (χ0) is 13.8. The van der Waals surface area contributed by atoms with E-state index in [9.17, 15) is 0 Å². The molecule has 1 aliphatic carbocycles. The lowest BCUT2D eigenvalue weighted by Crippen LogP contribution is -2.17. The molecule has 0 aromatic heterocycles. The highest BCUT2D eigenvalue weighted by Gasteiger charge is 2.16. The highest BCUT2D eigenvalue weighted by atomic mass is 32.2. The third-order valence-corrected chi connectivity index (χ3v) is 5.78. The predicted molar refractivity (Wildman–Crippen MR) is 90.2 cm³/mol. The number of rotatable bonds is 4. The summed E-state index contributed by atoms with van der Waals surface area (Å²) in [5.74, 6) is 1.04. The summed E-state index contributed by atoms with van der Waals surface area (Å²) in [4.78, 5) is 0. The van der Waals surface area contributed by atoms with Gasteiger partial charge in [0.25, 0.3) is 0 Å². The van der Waals surface area contributed by atoms with E-state index >= 15 is 0 Å². The SMILES string of the molecule is NC(CSC1CCCCC1)c1cccc2ccccc12. The van der Waals surface area contributed by atoms with Crippen LogP contribution < -0.4 is 5.73 Å². The van der Waals surface area contributed by atoms with E-state index in [0.29, 0.717) is 0 Å². The van der Waals surface area contributed by atoms with Crippen LogP contribution in [-0.4, -0.2) is 11.0 Å². The van der Waals surface area contributed by atoms with Crippen molar-refractivity contribution in [1.29, 1.82) is 0 Å². The van der Waals surface area contributed by atoms with Crippen LogP contribution in [0.1, 0.15) is 43.7 Å². The zero-order valence-corrected chi connectivity index (χ0v) is 12.7. The maximum absolute atomic E-state index is 6.46. The molecule has 0 saturated heterocycles. The summed E-state index contributed by atoms with van der Waals surface area (Å²) in [5.41, 5.74) is 7.76. The quantitative estimate of drug-likeness (QED) is 0.864. The molecule has 2 heteroatoms. The smallest absolute Gasteiger partial charge is 0.0393 e. The number of nitrogens with two attached hydrogens (primary N) is 1. The third-order valence-electron chi connectivity index (χ3n) is 4.29. The molecule has 0 amide bonds. The maximum Gasteiger partial charge on any atom is 0.0393 e. The van der Waals surface area contributed by atoms with Gasteiger partial charge in [-0.05, 0) is 29.2 Å². The highest BCUT2D eigenvalue weighted by Crippen LogP contribution is 2.32. The second kappa shape index (κ2) is 6.64. The van der Waals surface area contributed by atoms with Crippen molar-refractivity contribution in [3.63, 3.8) is 0 Å². The van der Waals surface area contributed by atoms with Crippen LogP contribution in [0.25, 0.3) is 10.8 Å². The molecule has 1 atom stereocenters. The van der Waals surface area contributed by atoms with Gasteiger partial charge in [0.2, 0.25) is 0 Å². The summed E-state index contributed by atoms with van der Waals surface area (Å²) >= 11 is 2.08. The van der Waals surface area contributed by atoms with Crippen molar-refractivity contribution in [1.82, 2.24) is 0 Å². The Balaban J connectivity index is 1.70. The topological polar surface area (TPSA) is 26.0 Å². The molecule has 1 nitrogen and oxygen atoms in total. The molecule has 0 aliphatic heterocycles. The summed E-state index contributed by atoms with van der Waals surface area (Å²) in [5, 5.41) is 3.44. The first kappa shape index (κ1) is 14.0. The molecule has 2 aromatic rings. The Morgan fingerprint density at radius 2 is 1.75 bits per heavy atom. The standard InChI is InChI=1S/C18H23NS/c19-18(13-20-15-9-2-1-3-10-15)17-12-6-8-14-7-4-5-11-16(14)17/h4-8,11-12,15,18H,1-3,9-10,13,19H2. The van der Waals surface area contributed by atoms with Crippen molar-refractivity contribution in [2.24, 2.45) is 5.73 Å². The van der Waals surface area contributed by atoms with Gasteiger partial charge in [-0.2, -0.15) is 11.8 Å². The number of hydrogen-bond donors (Lipinski definition) is 1. The minimum absolute atomic E-state index is 0.146. The average molecular weight is 285 g/mol. The summed E-state index contributed by atoms with van der Waals surface area (Å²) in [7, 11) is 0. The van der Waals surface area contributed by atoms with Crippen LogP contribution in [-0.2, 0) is 0 Å². The van der Waals surface area contributed by atoms with E-state index in [1.807, 2.05) is 0 Å². The summed E-state index contributed by atoms with van der Waals surface area (Å²) < 4.78 is 0. The minimum Gasteiger partial charge on any atom is -0.323 e. The normalized spacial score (nSPS) is 18.2. The summed E-state index contributed by atoms with van der Waals surface area (Å²) in [6.45, 7) is 0. The molecule has 20 heavy (non-hydrogen) atoms. The van der Waals surface area contributed by atoms with Gasteiger partial charge in [-0.1, -0.05) is 61.7 Å². The van der Waals surface area contributed by atoms with Gasteiger partial charge in [0.15, 0.2) is 0 Å². The summed E-state index contributed by atoms with van der Waals surface area (Å²) in [6, 6.07) is 15.2. The molecule has 0 bridgehead atoms. The second-order valence-electron chi connectivity index (χ2n) is 5.77. The van der Waals surface area contributed by atoms with E-state index in [2.05, 4.69) is 54.2 Å². The Morgan fingerprint density at radius 3 is 2.60 bits per heavy atom. The van der Waals surface area contributed by atoms with Crippen LogP contribution in [0, 0.1) is 0 Å². The Labute approximate surface area is 125 Å². The fraction of sp³-hybridized carbons (Fsp3) is 0.444. The lowest BCUT2D eigenvalue weighted by atomic mass is 10.00. The molecule has 1 fully saturated rings. The molecule has 3 rings (SSSR count). The van der Waals surface area contributed by atoms with Crippen molar-refractivity contribution in [3.8, 4) is 0 Å². The molecule has 0 spiro atoms. The van der Waals surface area contributed by atoms with E-state index in [0.717, 1.165) is 11.0 Å². The van der Waals surface area contributed by atoms with Crippen LogP contribution in [0.4, 0.5) is 0 Å². The van der Waals surface area contributed by atoms with Crippen molar-refractivity contribution >= 4 is 22.5 Å². The highest BCUT2D eigenvalue weighted by molar-refractivity contribution is 7.99. The molecule has 2 aromatic carbocycles. The zero-order valence-electron chi connectivity index (χ0n) is 11.9. The van der Waals surface area contributed by atoms with Gasteiger partial charge >= 0.3 is 0 Å². The van der Waals surface area contributed by atoms with Gasteiger partial charge in [0.05, 0.1) is 0 Å². The molecular weight excluding hydrogens is 262 g/mol. The lowest BCUT2D eigenvalue weighted by molar-refractivity contribution is 0.515. The van der Waals surface area contributed by atoms with E-state index in [1.165, 1.54) is 48.4 Å². The van der Waals surface area contributed by atoms with E-state index in [-0.39, 0.29) is 6.04 Å².